The molecule has 1 N–H and O–H groups in total. The van der Waals surface area contributed by atoms with Crippen LogP contribution in [-0.2, 0) is 6.54 Å². The maximum absolute atomic E-state index is 6.16. The molecule has 0 aliphatic carbocycles. The van der Waals surface area contributed by atoms with Gasteiger partial charge in [-0.15, -0.1) is 0 Å². The van der Waals surface area contributed by atoms with Crippen LogP contribution in [0.5, 0.6) is 0 Å². The number of hydrogen-bond acceptors (Lipinski definition) is 2. The van der Waals surface area contributed by atoms with Crippen LogP contribution in [0.1, 0.15) is 5.56 Å². The van der Waals surface area contributed by atoms with Gasteiger partial charge in [-0.1, -0.05) is 41.4 Å². The molecule has 2 nitrogen and oxygen atoms in total. The number of anilines is 2. The molecule has 0 heterocycles. The zero-order valence-electron chi connectivity index (χ0n) is 11.0. The number of hydrogen-bond donors (Lipinski definition) is 1. The first-order valence-corrected chi connectivity index (χ1v) is 6.77. The van der Waals surface area contributed by atoms with E-state index in [0.717, 1.165) is 16.9 Å². The van der Waals surface area contributed by atoms with Gasteiger partial charge in [0.1, 0.15) is 0 Å². The Morgan fingerprint density at radius 1 is 1.05 bits per heavy atom. The normalized spacial score (nSPS) is 10.3. The molecular formula is C15H16Cl2N2. The first-order valence-electron chi connectivity index (χ1n) is 6.02. The van der Waals surface area contributed by atoms with Crippen LogP contribution >= 0.6 is 23.2 Å². The predicted octanol–water partition coefficient (Wildman–Crippen LogP) is 4.67. The maximum atomic E-state index is 6.16. The van der Waals surface area contributed by atoms with Crippen LogP contribution in [0.25, 0.3) is 0 Å². The first kappa shape index (κ1) is 14.0. The van der Waals surface area contributed by atoms with Gasteiger partial charge in [-0.2, -0.15) is 0 Å². The van der Waals surface area contributed by atoms with Crippen molar-refractivity contribution >= 4 is 34.6 Å². The molecule has 0 radical (unpaired) electrons. The van der Waals surface area contributed by atoms with Crippen molar-refractivity contribution in [1.82, 2.24) is 0 Å². The second-order valence-corrected chi connectivity index (χ2v) is 5.34. The summed E-state index contributed by atoms with van der Waals surface area (Å²) < 4.78 is 0. The highest BCUT2D eigenvalue weighted by Crippen LogP contribution is 2.26. The van der Waals surface area contributed by atoms with E-state index >= 15 is 0 Å². The molecule has 2 aromatic rings. The van der Waals surface area contributed by atoms with Gasteiger partial charge in [0.25, 0.3) is 0 Å². The lowest BCUT2D eigenvalue weighted by atomic mass is 10.2. The molecule has 0 unspecified atom stereocenters. The van der Waals surface area contributed by atoms with Crippen molar-refractivity contribution in [2.45, 2.75) is 6.54 Å². The maximum Gasteiger partial charge on any atom is 0.0596 e. The SMILES string of the molecule is CN(C)c1ccccc1NCc1ccc(Cl)cc1Cl. The molecular weight excluding hydrogens is 279 g/mol. The van der Waals surface area contributed by atoms with Gasteiger partial charge in [-0.25, -0.2) is 0 Å². The monoisotopic (exact) mass is 294 g/mol. The Hall–Kier alpha value is -1.38. The highest BCUT2D eigenvalue weighted by atomic mass is 35.5. The van der Waals surface area contributed by atoms with E-state index in [2.05, 4.69) is 22.3 Å². The molecule has 0 fully saturated rings. The fourth-order valence-electron chi connectivity index (χ4n) is 1.87. The molecule has 0 saturated heterocycles. The summed E-state index contributed by atoms with van der Waals surface area (Å²) in [4.78, 5) is 2.08. The second kappa shape index (κ2) is 6.18. The van der Waals surface area contributed by atoms with E-state index < -0.39 is 0 Å². The number of nitrogens with zero attached hydrogens (tertiary/aromatic N) is 1. The van der Waals surface area contributed by atoms with E-state index in [1.54, 1.807) is 6.07 Å². The molecule has 2 aromatic carbocycles. The lowest BCUT2D eigenvalue weighted by Crippen LogP contribution is -2.12. The van der Waals surface area contributed by atoms with Crippen LogP contribution < -0.4 is 10.2 Å². The molecule has 0 spiro atoms. The van der Waals surface area contributed by atoms with Crippen molar-refractivity contribution < 1.29 is 0 Å². The van der Waals surface area contributed by atoms with Gasteiger partial charge >= 0.3 is 0 Å². The number of para-hydroxylation sites is 2. The minimum Gasteiger partial charge on any atom is -0.379 e. The average Bonchev–Trinajstić information content (AvgIpc) is 2.38. The Bertz CT molecular complexity index is 568. The molecule has 19 heavy (non-hydrogen) atoms. The third-order valence-corrected chi connectivity index (χ3v) is 3.46. The molecule has 0 saturated carbocycles. The smallest absolute Gasteiger partial charge is 0.0596 e. The lowest BCUT2D eigenvalue weighted by Gasteiger charge is -2.18. The summed E-state index contributed by atoms with van der Waals surface area (Å²) in [7, 11) is 4.05. The molecule has 0 amide bonds. The minimum atomic E-state index is 0.655. The lowest BCUT2D eigenvalue weighted by molar-refractivity contribution is 1.10. The van der Waals surface area contributed by atoms with E-state index in [1.807, 2.05) is 38.4 Å². The fraction of sp³-hybridized carbons (Fsp3) is 0.200. The zero-order valence-corrected chi connectivity index (χ0v) is 12.5. The summed E-state index contributed by atoms with van der Waals surface area (Å²) in [6, 6.07) is 13.7. The molecule has 0 bridgehead atoms. The van der Waals surface area contributed by atoms with Crippen molar-refractivity contribution in [2.75, 3.05) is 24.3 Å². The van der Waals surface area contributed by atoms with Gasteiger partial charge in [0.05, 0.1) is 11.4 Å². The van der Waals surface area contributed by atoms with Gasteiger partial charge in [0.15, 0.2) is 0 Å². The molecule has 4 heteroatoms. The Kier molecular flexibility index (Phi) is 4.56. The average molecular weight is 295 g/mol. The molecule has 0 aliphatic rings. The zero-order chi connectivity index (χ0) is 13.8. The number of benzene rings is 2. The summed E-state index contributed by atoms with van der Waals surface area (Å²) in [6.07, 6.45) is 0. The van der Waals surface area contributed by atoms with E-state index in [-0.39, 0.29) is 0 Å². The summed E-state index contributed by atoms with van der Waals surface area (Å²) in [5, 5.41) is 4.74. The Morgan fingerprint density at radius 2 is 1.79 bits per heavy atom. The van der Waals surface area contributed by atoms with Crippen molar-refractivity contribution in [3.63, 3.8) is 0 Å². The van der Waals surface area contributed by atoms with Gasteiger partial charge in [-0.05, 0) is 29.8 Å². The Labute approximate surface area is 123 Å². The Balaban J connectivity index is 2.14. The quantitative estimate of drug-likeness (QED) is 0.881. The minimum absolute atomic E-state index is 0.655. The van der Waals surface area contributed by atoms with Gasteiger partial charge < -0.3 is 10.2 Å². The number of nitrogens with one attached hydrogen (secondary N) is 1. The fourth-order valence-corrected chi connectivity index (χ4v) is 2.34. The van der Waals surface area contributed by atoms with Crippen molar-refractivity contribution in [1.29, 1.82) is 0 Å². The molecule has 100 valence electrons. The summed E-state index contributed by atoms with van der Waals surface area (Å²) in [6.45, 7) is 0.668. The van der Waals surface area contributed by atoms with Crippen molar-refractivity contribution in [3.8, 4) is 0 Å². The van der Waals surface area contributed by atoms with E-state index in [4.69, 9.17) is 23.2 Å². The molecule has 0 aliphatic heterocycles. The van der Waals surface area contributed by atoms with Gasteiger partial charge in [0, 0.05) is 30.7 Å². The van der Waals surface area contributed by atoms with Crippen LogP contribution in [0.4, 0.5) is 11.4 Å². The van der Waals surface area contributed by atoms with Crippen LogP contribution in [-0.4, -0.2) is 14.1 Å². The summed E-state index contributed by atoms with van der Waals surface area (Å²) in [5.74, 6) is 0. The van der Waals surface area contributed by atoms with Crippen LogP contribution in [0.15, 0.2) is 42.5 Å². The number of rotatable bonds is 4. The molecule has 0 atom stereocenters. The van der Waals surface area contributed by atoms with Gasteiger partial charge in [-0.3, -0.25) is 0 Å². The van der Waals surface area contributed by atoms with Crippen LogP contribution in [0, 0.1) is 0 Å². The van der Waals surface area contributed by atoms with E-state index in [9.17, 15) is 0 Å². The van der Waals surface area contributed by atoms with Crippen molar-refractivity contribution in [3.05, 3.63) is 58.1 Å². The summed E-state index contributed by atoms with van der Waals surface area (Å²) >= 11 is 12.1. The standard InChI is InChI=1S/C15H16Cl2N2/c1-19(2)15-6-4-3-5-14(15)18-10-11-7-8-12(16)9-13(11)17/h3-9,18H,10H2,1-2H3. The predicted molar refractivity (Wildman–Crippen MR) is 84.6 cm³/mol. The van der Waals surface area contributed by atoms with Crippen LogP contribution in [0.2, 0.25) is 10.0 Å². The third-order valence-electron chi connectivity index (χ3n) is 2.87. The third kappa shape index (κ3) is 3.55. The molecule has 2 rings (SSSR count). The highest BCUT2D eigenvalue weighted by Gasteiger charge is 2.05. The van der Waals surface area contributed by atoms with Crippen LogP contribution in [0.3, 0.4) is 0 Å². The first-order chi connectivity index (χ1) is 9.08. The second-order valence-electron chi connectivity index (χ2n) is 4.50. The largest absolute Gasteiger partial charge is 0.379 e. The van der Waals surface area contributed by atoms with Gasteiger partial charge in [0.2, 0.25) is 0 Å². The van der Waals surface area contributed by atoms with E-state index in [1.165, 1.54) is 0 Å². The number of halogens is 2. The Morgan fingerprint density at radius 3 is 2.47 bits per heavy atom. The van der Waals surface area contributed by atoms with Crippen molar-refractivity contribution in [2.24, 2.45) is 0 Å². The summed E-state index contributed by atoms with van der Waals surface area (Å²) in [5.41, 5.74) is 3.26. The highest BCUT2D eigenvalue weighted by molar-refractivity contribution is 6.35. The van der Waals surface area contributed by atoms with E-state index in [0.29, 0.717) is 16.6 Å². The topological polar surface area (TPSA) is 15.3 Å². The molecule has 0 aromatic heterocycles.